The molecule has 0 spiro atoms. The topological polar surface area (TPSA) is 62.0 Å². The number of hydrogen-bond donors (Lipinski definition) is 2. The van der Waals surface area contributed by atoms with Gasteiger partial charge in [0.1, 0.15) is 12.4 Å². The van der Waals surface area contributed by atoms with E-state index < -0.39 is 0 Å². The highest BCUT2D eigenvalue weighted by Gasteiger charge is 2.20. The van der Waals surface area contributed by atoms with Crippen molar-refractivity contribution < 1.29 is 9.15 Å². The molecule has 0 aromatic carbocycles. The molecule has 1 aliphatic heterocycles. The zero-order valence-electron chi connectivity index (χ0n) is 15.8. The van der Waals surface area contributed by atoms with Crippen molar-refractivity contribution in [2.75, 3.05) is 39.3 Å². The highest BCUT2D eigenvalue weighted by molar-refractivity contribution is 5.79. The average molecular weight is 351 g/mol. The van der Waals surface area contributed by atoms with Crippen molar-refractivity contribution in [1.29, 1.82) is 0 Å². The number of guanidine groups is 1. The molecule has 1 aromatic heterocycles. The van der Waals surface area contributed by atoms with Crippen LogP contribution in [0.2, 0.25) is 0 Å². The molecular formula is C19H34N4O2. The number of hydrogen-bond acceptors (Lipinski definition) is 4. The minimum atomic E-state index is 0.537. The fourth-order valence-corrected chi connectivity index (χ4v) is 3.17. The van der Waals surface area contributed by atoms with E-state index in [1.807, 2.05) is 12.1 Å². The van der Waals surface area contributed by atoms with Crippen LogP contribution in [0.3, 0.4) is 0 Å². The summed E-state index contributed by atoms with van der Waals surface area (Å²) < 4.78 is 10.8. The van der Waals surface area contributed by atoms with Crippen LogP contribution >= 0.6 is 0 Å². The van der Waals surface area contributed by atoms with Crippen LogP contribution < -0.4 is 10.6 Å². The Kier molecular flexibility index (Phi) is 9.44. The van der Waals surface area contributed by atoms with E-state index in [4.69, 9.17) is 14.1 Å². The molecular weight excluding hydrogens is 316 g/mol. The summed E-state index contributed by atoms with van der Waals surface area (Å²) in [5, 5.41) is 6.74. The van der Waals surface area contributed by atoms with Crippen molar-refractivity contribution in [3.05, 3.63) is 24.2 Å². The number of piperidine rings is 1. The summed E-state index contributed by atoms with van der Waals surface area (Å²) in [4.78, 5) is 7.35. The third kappa shape index (κ3) is 7.48. The second-order valence-corrected chi connectivity index (χ2v) is 6.41. The Morgan fingerprint density at radius 3 is 3.04 bits per heavy atom. The Labute approximate surface area is 152 Å². The quantitative estimate of drug-likeness (QED) is 0.386. The zero-order valence-corrected chi connectivity index (χ0v) is 15.8. The van der Waals surface area contributed by atoms with Crippen LogP contribution in [0.4, 0.5) is 0 Å². The van der Waals surface area contributed by atoms with Crippen LogP contribution in [0.25, 0.3) is 0 Å². The molecule has 0 radical (unpaired) electrons. The van der Waals surface area contributed by atoms with Crippen molar-refractivity contribution in [3.8, 4) is 0 Å². The van der Waals surface area contributed by atoms with Gasteiger partial charge in [-0.2, -0.15) is 0 Å². The summed E-state index contributed by atoms with van der Waals surface area (Å²) in [5.74, 6) is 1.78. The van der Waals surface area contributed by atoms with Gasteiger partial charge in [0, 0.05) is 25.7 Å². The highest BCUT2D eigenvalue weighted by Crippen LogP contribution is 2.16. The van der Waals surface area contributed by atoms with Crippen molar-refractivity contribution in [2.45, 2.75) is 52.2 Å². The fraction of sp³-hybridized carbons (Fsp3) is 0.737. The molecule has 6 nitrogen and oxygen atoms in total. The maximum atomic E-state index is 5.60. The van der Waals surface area contributed by atoms with Gasteiger partial charge in [0.2, 0.25) is 0 Å². The van der Waals surface area contributed by atoms with Gasteiger partial charge in [-0.15, -0.1) is 0 Å². The molecule has 1 unspecified atom stereocenters. The normalized spacial score (nSPS) is 19.1. The highest BCUT2D eigenvalue weighted by atomic mass is 16.5. The van der Waals surface area contributed by atoms with E-state index in [1.165, 1.54) is 25.8 Å². The second kappa shape index (κ2) is 11.9. The van der Waals surface area contributed by atoms with Gasteiger partial charge in [0.05, 0.1) is 12.8 Å². The van der Waals surface area contributed by atoms with Crippen LogP contribution in [0.15, 0.2) is 27.8 Å². The molecule has 6 heteroatoms. The van der Waals surface area contributed by atoms with Gasteiger partial charge in [-0.3, -0.25) is 9.89 Å². The zero-order chi connectivity index (χ0) is 17.7. The molecule has 1 aliphatic rings. The predicted octanol–water partition coefficient (Wildman–Crippen LogP) is 2.62. The monoisotopic (exact) mass is 350 g/mol. The van der Waals surface area contributed by atoms with Crippen LogP contribution in [-0.4, -0.2) is 56.2 Å². The minimum absolute atomic E-state index is 0.537. The number of ether oxygens (including phenoxy) is 1. The first-order valence-corrected chi connectivity index (χ1v) is 9.69. The summed E-state index contributed by atoms with van der Waals surface area (Å²) in [5.41, 5.74) is 0. The minimum Gasteiger partial charge on any atom is -0.467 e. The Morgan fingerprint density at radius 2 is 2.28 bits per heavy atom. The molecule has 25 heavy (non-hydrogen) atoms. The standard InChI is InChI=1S/C19H34N4O2/c1-3-20-19(22-15-17-9-5-6-12-23(17)4-2)21-11-8-13-24-16-18-10-7-14-25-18/h7,10,14,17H,3-6,8-9,11-13,15-16H2,1-2H3,(H2,20,21,22). The maximum Gasteiger partial charge on any atom is 0.191 e. The molecule has 0 aliphatic carbocycles. The van der Waals surface area contributed by atoms with Crippen LogP contribution in [0, 0.1) is 0 Å². The largest absolute Gasteiger partial charge is 0.467 e. The first-order valence-electron chi connectivity index (χ1n) is 9.69. The third-order valence-electron chi connectivity index (χ3n) is 4.54. The molecule has 2 rings (SSSR count). The Bertz CT molecular complexity index is 476. The van der Waals surface area contributed by atoms with E-state index in [1.54, 1.807) is 6.26 Å². The van der Waals surface area contributed by atoms with E-state index in [9.17, 15) is 0 Å². The SMILES string of the molecule is CCNC(=NCC1CCCCN1CC)NCCCOCc1ccco1. The van der Waals surface area contributed by atoms with E-state index in [-0.39, 0.29) is 0 Å². The average Bonchev–Trinajstić information content (AvgIpc) is 3.16. The van der Waals surface area contributed by atoms with Gasteiger partial charge in [-0.1, -0.05) is 13.3 Å². The lowest BCUT2D eigenvalue weighted by atomic mass is 10.0. The van der Waals surface area contributed by atoms with Crippen molar-refractivity contribution in [1.82, 2.24) is 15.5 Å². The molecule has 2 N–H and O–H groups in total. The number of aliphatic imine (C=N–C) groups is 1. The molecule has 1 aromatic rings. The number of rotatable bonds is 10. The van der Waals surface area contributed by atoms with Crippen molar-refractivity contribution in [2.24, 2.45) is 4.99 Å². The Balaban J connectivity index is 1.64. The van der Waals surface area contributed by atoms with Crippen LogP contribution in [-0.2, 0) is 11.3 Å². The number of nitrogens with one attached hydrogen (secondary N) is 2. The number of likely N-dealkylation sites (tertiary alicyclic amines) is 1. The van der Waals surface area contributed by atoms with E-state index >= 15 is 0 Å². The molecule has 0 saturated carbocycles. The smallest absolute Gasteiger partial charge is 0.191 e. The fourth-order valence-electron chi connectivity index (χ4n) is 3.17. The first-order chi connectivity index (χ1) is 12.3. The molecule has 0 amide bonds. The number of furan rings is 1. The van der Waals surface area contributed by atoms with Crippen LogP contribution in [0.1, 0.15) is 45.3 Å². The summed E-state index contributed by atoms with van der Waals surface area (Å²) in [7, 11) is 0. The molecule has 0 bridgehead atoms. The Morgan fingerprint density at radius 1 is 1.36 bits per heavy atom. The molecule has 1 saturated heterocycles. The van der Waals surface area contributed by atoms with Gasteiger partial charge in [-0.05, 0) is 51.4 Å². The third-order valence-corrected chi connectivity index (χ3v) is 4.54. The predicted molar refractivity (Wildman–Crippen MR) is 102 cm³/mol. The van der Waals surface area contributed by atoms with Crippen molar-refractivity contribution >= 4 is 5.96 Å². The van der Waals surface area contributed by atoms with E-state index in [2.05, 4.69) is 29.4 Å². The number of likely N-dealkylation sites (N-methyl/N-ethyl adjacent to an activating group) is 1. The van der Waals surface area contributed by atoms with Gasteiger partial charge in [0.15, 0.2) is 5.96 Å². The Hall–Kier alpha value is -1.53. The second-order valence-electron chi connectivity index (χ2n) is 6.41. The first kappa shape index (κ1) is 19.8. The summed E-state index contributed by atoms with van der Waals surface area (Å²) >= 11 is 0. The van der Waals surface area contributed by atoms with E-state index in [0.717, 1.165) is 44.3 Å². The van der Waals surface area contributed by atoms with Crippen LogP contribution in [0.5, 0.6) is 0 Å². The lowest BCUT2D eigenvalue weighted by Gasteiger charge is -2.33. The molecule has 142 valence electrons. The number of nitrogens with zero attached hydrogens (tertiary/aromatic N) is 2. The summed E-state index contributed by atoms with van der Waals surface area (Å²) in [6, 6.07) is 4.40. The van der Waals surface area contributed by atoms with Gasteiger partial charge in [0.25, 0.3) is 0 Å². The van der Waals surface area contributed by atoms with Gasteiger partial charge < -0.3 is 19.8 Å². The lowest BCUT2D eigenvalue weighted by molar-refractivity contribution is 0.105. The molecule has 1 atom stereocenters. The lowest BCUT2D eigenvalue weighted by Crippen LogP contribution is -2.43. The summed E-state index contributed by atoms with van der Waals surface area (Å²) in [6.07, 6.45) is 6.52. The van der Waals surface area contributed by atoms with Crippen molar-refractivity contribution in [3.63, 3.8) is 0 Å². The summed E-state index contributed by atoms with van der Waals surface area (Å²) in [6.45, 7) is 10.5. The van der Waals surface area contributed by atoms with E-state index in [0.29, 0.717) is 19.3 Å². The molecule has 2 heterocycles. The maximum absolute atomic E-state index is 5.60. The van der Waals surface area contributed by atoms with Gasteiger partial charge >= 0.3 is 0 Å². The molecule has 1 fully saturated rings. The van der Waals surface area contributed by atoms with Gasteiger partial charge in [-0.25, -0.2) is 0 Å².